The largest absolute Gasteiger partial charge is 0.311 e. The Morgan fingerprint density at radius 3 is 2.67 bits per heavy atom. The molecule has 0 unspecified atom stereocenters. The highest BCUT2D eigenvalue weighted by atomic mass is 15.3. The minimum atomic E-state index is 0.484. The zero-order chi connectivity index (χ0) is 16.6. The van der Waals surface area contributed by atoms with E-state index in [1.165, 1.54) is 31.5 Å². The van der Waals surface area contributed by atoms with Crippen LogP contribution in [0.3, 0.4) is 0 Å². The van der Waals surface area contributed by atoms with Crippen molar-refractivity contribution in [2.24, 2.45) is 0 Å². The standard InChI is InChI=1S/C19H25N5/c20-9-6-13-24-16-18(15-21-10-14-23-11-4-5-12-23)19(22-24)17-7-2-1-3-8-17/h1-3,7-8,16,21H,4-6,10-15H2. The average Bonchev–Trinajstić information content (AvgIpc) is 3.27. The molecule has 0 radical (unpaired) electrons. The zero-order valence-electron chi connectivity index (χ0n) is 14.1. The predicted octanol–water partition coefficient (Wildman–Crippen LogP) is 2.65. The quantitative estimate of drug-likeness (QED) is 0.759. The number of hydrogen-bond donors (Lipinski definition) is 1. The first-order valence-corrected chi connectivity index (χ1v) is 8.78. The molecule has 3 rings (SSSR count). The third-order valence-corrected chi connectivity index (χ3v) is 4.46. The molecule has 1 aliphatic rings. The Balaban J connectivity index is 1.63. The van der Waals surface area contributed by atoms with Crippen molar-refractivity contribution in [1.29, 1.82) is 5.26 Å². The Morgan fingerprint density at radius 2 is 1.92 bits per heavy atom. The SMILES string of the molecule is N#CCCn1cc(CNCCN2CCCC2)c(-c2ccccc2)n1. The summed E-state index contributed by atoms with van der Waals surface area (Å²) in [6.45, 7) is 6.04. The molecule has 0 aliphatic carbocycles. The molecule has 2 heterocycles. The fourth-order valence-corrected chi connectivity index (χ4v) is 3.18. The normalized spacial score (nSPS) is 14.8. The van der Waals surface area contributed by atoms with Crippen LogP contribution in [0.4, 0.5) is 0 Å². The van der Waals surface area contributed by atoms with Gasteiger partial charge in [-0.05, 0) is 25.9 Å². The van der Waals surface area contributed by atoms with E-state index in [2.05, 4.69) is 39.7 Å². The Kier molecular flexibility index (Phi) is 6.00. The molecule has 5 nitrogen and oxygen atoms in total. The summed E-state index contributed by atoms with van der Waals surface area (Å²) in [4.78, 5) is 2.52. The van der Waals surface area contributed by atoms with Gasteiger partial charge in [0.05, 0.1) is 24.7 Å². The molecule has 0 saturated carbocycles. The maximum atomic E-state index is 8.79. The second-order valence-corrected chi connectivity index (χ2v) is 6.27. The van der Waals surface area contributed by atoms with E-state index in [0.717, 1.165) is 30.9 Å². The van der Waals surface area contributed by atoms with Gasteiger partial charge in [0, 0.05) is 37.0 Å². The average molecular weight is 323 g/mol. The molecule has 1 N–H and O–H groups in total. The maximum absolute atomic E-state index is 8.79. The number of nitrogens with zero attached hydrogens (tertiary/aromatic N) is 4. The van der Waals surface area contributed by atoms with Crippen molar-refractivity contribution >= 4 is 0 Å². The van der Waals surface area contributed by atoms with E-state index in [1.807, 2.05) is 22.9 Å². The smallest absolute Gasteiger partial charge is 0.0968 e. The molecule has 1 aromatic carbocycles. The molecule has 5 heteroatoms. The van der Waals surface area contributed by atoms with Crippen molar-refractivity contribution in [1.82, 2.24) is 20.0 Å². The molecule has 1 aliphatic heterocycles. The summed E-state index contributed by atoms with van der Waals surface area (Å²) >= 11 is 0. The highest BCUT2D eigenvalue weighted by molar-refractivity contribution is 5.62. The van der Waals surface area contributed by atoms with Gasteiger partial charge in [-0.3, -0.25) is 4.68 Å². The molecule has 0 atom stereocenters. The van der Waals surface area contributed by atoms with Gasteiger partial charge in [-0.2, -0.15) is 10.4 Å². The Hall–Kier alpha value is -2.16. The first-order valence-electron chi connectivity index (χ1n) is 8.78. The summed E-state index contributed by atoms with van der Waals surface area (Å²) in [6.07, 6.45) is 5.23. The molecule has 126 valence electrons. The van der Waals surface area contributed by atoms with Crippen LogP contribution in [0.1, 0.15) is 24.8 Å². The van der Waals surface area contributed by atoms with Gasteiger partial charge in [-0.1, -0.05) is 30.3 Å². The van der Waals surface area contributed by atoms with Gasteiger partial charge < -0.3 is 10.2 Å². The lowest BCUT2D eigenvalue weighted by atomic mass is 10.1. The van der Waals surface area contributed by atoms with Gasteiger partial charge in [0.2, 0.25) is 0 Å². The Morgan fingerprint density at radius 1 is 1.12 bits per heavy atom. The van der Waals surface area contributed by atoms with E-state index in [4.69, 9.17) is 5.26 Å². The van der Waals surface area contributed by atoms with Crippen LogP contribution in [0.2, 0.25) is 0 Å². The number of rotatable bonds is 8. The molecule has 1 fully saturated rings. The van der Waals surface area contributed by atoms with Crippen LogP contribution < -0.4 is 5.32 Å². The molecule has 0 spiro atoms. The van der Waals surface area contributed by atoms with Gasteiger partial charge in [0.25, 0.3) is 0 Å². The highest BCUT2D eigenvalue weighted by Gasteiger charge is 2.12. The second kappa shape index (κ2) is 8.62. The van der Waals surface area contributed by atoms with Crippen molar-refractivity contribution in [3.8, 4) is 17.3 Å². The fraction of sp³-hybridized carbons (Fsp3) is 0.474. The number of hydrogen-bond acceptors (Lipinski definition) is 4. The molecular weight excluding hydrogens is 298 g/mol. The highest BCUT2D eigenvalue weighted by Crippen LogP contribution is 2.22. The summed E-state index contributed by atoms with van der Waals surface area (Å²) in [6, 6.07) is 12.5. The molecular formula is C19H25N5. The zero-order valence-corrected chi connectivity index (χ0v) is 14.1. The van der Waals surface area contributed by atoms with E-state index < -0.39 is 0 Å². The van der Waals surface area contributed by atoms with E-state index in [0.29, 0.717) is 13.0 Å². The third kappa shape index (κ3) is 4.44. The van der Waals surface area contributed by atoms with Crippen molar-refractivity contribution < 1.29 is 0 Å². The predicted molar refractivity (Wildman–Crippen MR) is 95.3 cm³/mol. The Labute approximate surface area is 143 Å². The monoisotopic (exact) mass is 323 g/mol. The summed E-state index contributed by atoms with van der Waals surface area (Å²) < 4.78 is 1.89. The Bertz CT molecular complexity index is 665. The van der Waals surface area contributed by atoms with Crippen molar-refractivity contribution in [3.63, 3.8) is 0 Å². The lowest BCUT2D eigenvalue weighted by molar-refractivity contribution is 0.335. The van der Waals surface area contributed by atoms with Crippen molar-refractivity contribution in [2.75, 3.05) is 26.2 Å². The van der Waals surface area contributed by atoms with Crippen LogP contribution in [0.25, 0.3) is 11.3 Å². The lowest BCUT2D eigenvalue weighted by Crippen LogP contribution is -2.29. The number of benzene rings is 1. The van der Waals surface area contributed by atoms with Crippen LogP contribution in [0, 0.1) is 11.3 Å². The van der Waals surface area contributed by atoms with E-state index in [9.17, 15) is 0 Å². The van der Waals surface area contributed by atoms with Crippen LogP contribution in [-0.4, -0.2) is 40.9 Å². The number of likely N-dealkylation sites (tertiary alicyclic amines) is 1. The summed E-state index contributed by atoms with van der Waals surface area (Å²) in [5.74, 6) is 0. The van der Waals surface area contributed by atoms with Gasteiger partial charge in [0.1, 0.15) is 0 Å². The van der Waals surface area contributed by atoms with Gasteiger partial charge in [-0.15, -0.1) is 0 Å². The van der Waals surface area contributed by atoms with Crippen LogP contribution in [-0.2, 0) is 13.1 Å². The second-order valence-electron chi connectivity index (χ2n) is 6.27. The summed E-state index contributed by atoms with van der Waals surface area (Å²) in [5.41, 5.74) is 3.34. The summed E-state index contributed by atoms with van der Waals surface area (Å²) in [5, 5.41) is 17.0. The van der Waals surface area contributed by atoms with Crippen LogP contribution in [0.15, 0.2) is 36.5 Å². The first-order chi connectivity index (χ1) is 11.9. The number of nitrogens with one attached hydrogen (secondary N) is 1. The number of aryl methyl sites for hydroxylation is 1. The van der Waals surface area contributed by atoms with Crippen LogP contribution in [0.5, 0.6) is 0 Å². The van der Waals surface area contributed by atoms with Gasteiger partial charge in [-0.25, -0.2) is 0 Å². The van der Waals surface area contributed by atoms with Crippen LogP contribution >= 0.6 is 0 Å². The van der Waals surface area contributed by atoms with E-state index in [-0.39, 0.29) is 0 Å². The van der Waals surface area contributed by atoms with E-state index in [1.54, 1.807) is 0 Å². The van der Waals surface area contributed by atoms with Gasteiger partial charge >= 0.3 is 0 Å². The number of aromatic nitrogens is 2. The molecule has 0 bridgehead atoms. The topological polar surface area (TPSA) is 56.9 Å². The minimum Gasteiger partial charge on any atom is -0.311 e. The van der Waals surface area contributed by atoms with Crippen molar-refractivity contribution in [3.05, 3.63) is 42.1 Å². The van der Waals surface area contributed by atoms with E-state index >= 15 is 0 Å². The van der Waals surface area contributed by atoms with Crippen molar-refractivity contribution in [2.45, 2.75) is 32.4 Å². The first kappa shape index (κ1) is 16.7. The molecule has 1 saturated heterocycles. The molecule has 1 aromatic heterocycles. The molecule has 2 aromatic rings. The van der Waals surface area contributed by atoms with Gasteiger partial charge in [0.15, 0.2) is 0 Å². The minimum absolute atomic E-state index is 0.484. The fourth-order valence-electron chi connectivity index (χ4n) is 3.18. The molecule has 24 heavy (non-hydrogen) atoms. The number of nitriles is 1. The lowest BCUT2D eigenvalue weighted by Gasteiger charge is -2.14. The maximum Gasteiger partial charge on any atom is 0.0968 e. The third-order valence-electron chi connectivity index (χ3n) is 4.46. The summed E-state index contributed by atoms with van der Waals surface area (Å²) in [7, 11) is 0. The molecule has 0 amide bonds.